The first-order valence-electron chi connectivity index (χ1n) is 19.0. The van der Waals surface area contributed by atoms with E-state index in [0.29, 0.717) is 17.5 Å². The van der Waals surface area contributed by atoms with Gasteiger partial charge in [-0.15, -0.1) is 22.7 Å². The summed E-state index contributed by atoms with van der Waals surface area (Å²) in [7, 11) is 0. The van der Waals surface area contributed by atoms with Gasteiger partial charge in [-0.1, -0.05) is 146 Å². The molecule has 0 saturated heterocycles. The minimum absolute atomic E-state index is 0.649. The Kier molecular flexibility index (Phi) is 7.24. The molecule has 0 atom stereocenters. The minimum atomic E-state index is 0.649. The molecule has 0 aliphatic rings. The van der Waals surface area contributed by atoms with E-state index in [2.05, 4.69) is 150 Å². The monoisotopic (exact) mass is 762 g/mol. The highest BCUT2D eigenvalue weighted by Crippen LogP contribution is 2.48. The number of aromatic nitrogens is 4. The van der Waals surface area contributed by atoms with Crippen LogP contribution in [0.25, 0.3) is 113 Å². The largest absolute Gasteiger partial charge is 0.309 e. The second kappa shape index (κ2) is 12.8. The first-order chi connectivity index (χ1) is 28.3. The Hall–Kier alpha value is -6.99. The van der Waals surface area contributed by atoms with Crippen LogP contribution in [-0.2, 0) is 0 Å². The average molecular weight is 763 g/mol. The van der Waals surface area contributed by atoms with Gasteiger partial charge >= 0.3 is 0 Å². The number of fused-ring (bicyclic) bond motifs is 10. The van der Waals surface area contributed by atoms with E-state index in [1.165, 1.54) is 57.5 Å². The van der Waals surface area contributed by atoms with Gasteiger partial charge in [0.25, 0.3) is 0 Å². The van der Waals surface area contributed by atoms with E-state index in [1.54, 1.807) is 0 Å². The summed E-state index contributed by atoms with van der Waals surface area (Å²) in [6, 6.07) is 64.7. The molecule has 0 fully saturated rings. The summed E-state index contributed by atoms with van der Waals surface area (Å²) >= 11 is 3.70. The van der Waals surface area contributed by atoms with Crippen molar-refractivity contribution in [1.82, 2.24) is 19.5 Å². The van der Waals surface area contributed by atoms with Gasteiger partial charge in [0.2, 0.25) is 0 Å². The Balaban J connectivity index is 1.22. The number of para-hydroxylation sites is 1. The molecule has 0 saturated carbocycles. The molecule has 0 radical (unpaired) electrons. The number of benzene rings is 8. The number of thiophene rings is 2. The average Bonchev–Trinajstić information content (AvgIpc) is 3.96. The molecular formula is C51H30N4S2. The second-order valence-electron chi connectivity index (χ2n) is 14.3. The number of nitrogens with zero attached hydrogens (tertiary/aromatic N) is 4. The Morgan fingerprint density at radius 1 is 0.351 bits per heavy atom. The van der Waals surface area contributed by atoms with E-state index >= 15 is 0 Å². The van der Waals surface area contributed by atoms with E-state index < -0.39 is 0 Å². The maximum Gasteiger partial charge on any atom is 0.165 e. The summed E-state index contributed by atoms with van der Waals surface area (Å²) in [5.74, 6) is 1.95. The fourth-order valence-corrected chi connectivity index (χ4v) is 11.0. The van der Waals surface area contributed by atoms with Crippen LogP contribution in [0, 0.1) is 0 Å². The maximum absolute atomic E-state index is 5.30. The minimum Gasteiger partial charge on any atom is -0.309 e. The van der Waals surface area contributed by atoms with Gasteiger partial charge in [-0.25, -0.2) is 15.0 Å². The molecule has 4 heterocycles. The Labute approximate surface area is 335 Å². The summed E-state index contributed by atoms with van der Waals surface area (Å²) < 4.78 is 7.45. The van der Waals surface area contributed by atoms with Crippen LogP contribution in [0.3, 0.4) is 0 Å². The SMILES string of the molecule is c1ccc(-c2nc(-c3ccccc3)nc(-c3cc(-n4c5ccccc5c5c(-c6ccccc6)cccc54)cc4c3sc3ccc5c6ccccc6sc5c34)n2)cc1. The summed E-state index contributed by atoms with van der Waals surface area (Å²) in [5, 5.41) is 7.52. The number of hydrogen-bond donors (Lipinski definition) is 0. The van der Waals surface area contributed by atoms with Crippen LogP contribution in [0.15, 0.2) is 182 Å². The lowest BCUT2D eigenvalue weighted by Gasteiger charge is -2.13. The van der Waals surface area contributed by atoms with Gasteiger partial charge in [-0.2, -0.15) is 0 Å². The van der Waals surface area contributed by atoms with Crippen LogP contribution in [0.2, 0.25) is 0 Å². The van der Waals surface area contributed by atoms with Gasteiger partial charge in [-0.05, 0) is 47.5 Å². The zero-order valence-electron chi connectivity index (χ0n) is 30.4. The summed E-state index contributed by atoms with van der Waals surface area (Å²) in [4.78, 5) is 15.6. The molecule has 0 aliphatic carbocycles. The van der Waals surface area contributed by atoms with Crippen LogP contribution < -0.4 is 0 Å². The lowest BCUT2D eigenvalue weighted by atomic mass is 9.99. The summed E-state index contributed by atoms with van der Waals surface area (Å²) in [6.07, 6.45) is 0. The fraction of sp³-hybridized carbons (Fsp3) is 0. The van der Waals surface area contributed by atoms with Crippen LogP contribution in [0.5, 0.6) is 0 Å². The molecule has 0 bridgehead atoms. The van der Waals surface area contributed by atoms with Gasteiger partial charge in [0.1, 0.15) is 0 Å². The molecule has 6 heteroatoms. The van der Waals surface area contributed by atoms with Gasteiger partial charge in [0, 0.05) is 73.5 Å². The van der Waals surface area contributed by atoms with Crippen molar-refractivity contribution in [3.05, 3.63) is 182 Å². The van der Waals surface area contributed by atoms with Crippen LogP contribution in [0.4, 0.5) is 0 Å². The molecule has 0 spiro atoms. The van der Waals surface area contributed by atoms with E-state index in [4.69, 9.17) is 15.0 Å². The molecule has 0 unspecified atom stereocenters. The second-order valence-corrected chi connectivity index (χ2v) is 16.4. The van der Waals surface area contributed by atoms with E-state index in [-0.39, 0.29) is 0 Å². The summed E-state index contributed by atoms with van der Waals surface area (Å²) in [5.41, 5.74) is 8.67. The molecule has 8 aromatic carbocycles. The molecular weight excluding hydrogens is 733 g/mol. The molecule has 12 aromatic rings. The highest BCUT2D eigenvalue weighted by atomic mass is 32.1. The molecule has 4 nitrogen and oxygen atoms in total. The van der Waals surface area contributed by atoms with Gasteiger partial charge in [-0.3, -0.25) is 0 Å². The Morgan fingerprint density at radius 2 is 0.947 bits per heavy atom. The molecule has 266 valence electrons. The van der Waals surface area contributed by atoms with Crippen LogP contribution in [0.1, 0.15) is 0 Å². The number of hydrogen-bond acceptors (Lipinski definition) is 5. The highest BCUT2D eigenvalue weighted by molar-refractivity contribution is 7.30. The highest BCUT2D eigenvalue weighted by Gasteiger charge is 2.23. The lowest BCUT2D eigenvalue weighted by molar-refractivity contribution is 1.07. The molecule has 0 amide bonds. The van der Waals surface area contributed by atoms with Crippen molar-refractivity contribution in [1.29, 1.82) is 0 Å². The van der Waals surface area contributed by atoms with Crippen molar-refractivity contribution >= 4 is 84.8 Å². The van der Waals surface area contributed by atoms with Crippen molar-refractivity contribution in [2.45, 2.75) is 0 Å². The van der Waals surface area contributed by atoms with Crippen molar-refractivity contribution in [3.8, 4) is 51.0 Å². The van der Waals surface area contributed by atoms with Crippen LogP contribution in [-0.4, -0.2) is 19.5 Å². The zero-order chi connectivity index (χ0) is 37.5. The third-order valence-corrected chi connectivity index (χ3v) is 13.5. The Morgan fingerprint density at radius 3 is 1.68 bits per heavy atom. The normalized spacial score (nSPS) is 11.9. The first kappa shape index (κ1) is 32.3. The molecule has 57 heavy (non-hydrogen) atoms. The molecule has 0 aliphatic heterocycles. The predicted molar refractivity (Wildman–Crippen MR) is 242 cm³/mol. The Bertz CT molecular complexity index is 3450. The third kappa shape index (κ3) is 5.08. The van der Waals surface area contributed by atoms with Gasteiger partial charge in [0.05, 0.1) is 11.0 Å². The van der Waals surface area contributed by atoms with E-state index in [1.807, 2.05) is 59.1 Å². The van der Waals surface area contributed by atoms with Crippen molar-refractivity contribution < 1.29 is 0 Å². The summed E-state index contributed by atoms with van der Waals surface area (Å²) in [6.45, 7) is 0. The maximum atomic E-state index is 5.30. The fourth-order valence-electron chi connectivity index (χ4n) is 8.51. The lowest BCUT2D eigenvalue weighted by Crippen LogP contribution is -2.01. The quantitative estimate of drug-likeness (QED) is 0.175. The topological polar surface area (TPSA) is 43.6 Å². The smallest absolute Gasteiger partial charge is 0.165 e. The van der Waals surface area contributed by atoms with Crippen LogP contribution >= 0.6 is 22.7 Å². The third-order valence-electron chi connectivity index (χ3n) is 11.0. The van der Waals surface area contributed by atoms with E-state index in [9.17, 15) is 0 Å². The van der Waals surface area contributed by atoms with Crippen molar-refractivity contribution in [3.63, 3.8) is 0 Å². The molecule has 4 aromatic heterocycles. The van der Waals surface area contributed by atoms with E-state index in [0.717, 1.165) is 38.1 Å². The predicted octanol–water partition coefficient (Wildman–Crippen LogP) is 14.4. The van der Waals surface area contributed by atoms with Gasteiger partial charge in [0.15, 0.2) is 17.5 Å². The zero-order valence-corrected chi connectivity index (χ0v) is 32.1. The first-order valence-corrected chi connectivity index (χ1v) is 20.7. The molecule has 0 N–H and O–H groups in total. The number of rotatable bonds is 5. The van der Waals surface area contributed by atoms with Crippen molar-refractivity contribution in [2.75, 3.05) is 0 Å². The van der Waals surface area contributed by atoms with Crippen molar-refractivity contribution in [2.24, 2.45) is 0 Å². The standard InChI is InChI=1S/C51H30N4S2/c1-4-15-31(16-5-1)35-23-14-25-42-45(35)38-22-10-12-24-41(38)55(42)34-29-39-46-44(28-27-37-36-21-11-13-26-43(36)56-48(37)46)57-47(39)40(30-34)51-53-49(32-17-6-2-7-18-32)52-50(54-51)33-19-8-3-9-20-33/h1-30H. The van der Waals surface area contributed by atoms with Gasteiger partial charge < -0.3 is 4.57 Å². The molecule has 12 rings (SSSR count).